The molecule has 3 nitrogen and oxygen atoms in total. The average Bonchev–Trinajstić information content (AvgIpc) is 2.31. The zero-order valence-electron chi connectivity index (χ0n) is 11.1. The summed E-state index contributed by atoms with van der Waals surface area (Å²) < 4.78 is 0.987. The number of hydrogen-bond acceptors (Lipinski definition) is 3. The van der Waals surface area contributed by atoms with Crippen LogP contribution in [0.4, 0.5) is 5.69 Å². The summed E-state index contributed by atoms with van der Waals surface area (Å²) in [6.07, 6.45) is 0.637. The first-order valence-corrected chi connectivity index (χ1v) is 8.13. The van der Waals surface area contributed by atoms with Gasteiger partial charge in [-0.25, -0.2) is 4.79 Å². The molecule has 1 fully saturated rings. The normalized spacial score (nSPS) is 25.8. The van der Waals surface area contributed by atoms with Gasteiger partial charge in [0, 0.05) is 15.9 Å². The molecule has 1 aliphatic heterocycles. The van der Waals surface area contributed by atoms with Crippen molar-refractivity contribution in [2.75, 3.05) is 16.8 Å². The summed E-state index contributed by atoms with van der Waals surface area (Å²) in [5.41, 5.74) is 0.00750. The highest BCUT2D eigenvalue weighted by Gasteiger charge is 2.46. The first-order chi connectivity index (χ1) is 8.83. The van der Waals surface area contributed by atoms with E-state index in [1.807, 2.05) is 24.3 Å². The Hall–Kier alpha value is -0.680. The van der Waals surface area contributed by atoms with Crippen molar-refractivity contribution in [1.82, 2.24) is 0 Å². The van der Waals surface area contributed by atoms with E-state index in [9.17, 15) is 9.90 Å². The van der Waals surface area contributed by atoms with Crippen LogP contribution in [0.5, 0.6) is 0 Å². The molecule has 0 aliphatic carbocycles. The minimum absolute atomic E-state index is 0.0314. The SMILES string of the molecule is CC1(C)CSCC(Nc2ccc(Br)cc2)(C(=O)O)C1. The van der Waals surface area contributed by atoms with E-state index in [4.69, 9.17) is 0 Å². The molecule has 5 heteroatoms. The molecule has 0 spiro atoms. The summed E-state index contributed by atoms with van der Waals surface area (Å²) in [5, 5.41) is 12.9. The van der Waals surface area contributed by atoms with Gasteiger partial charge in [0.2, 0.25) is 0 Å². The molecular formula is C14H18BrNO2S. The Morgan fingerprint density at radius 1 is 1.32 bits per heavy atom. The molecule has 1 atom stereocenters. The number of thioether (sulfide) groups is 1. The van der Waals surface area contributed by atoms with Crippen LogP contribution < -0.4 is 5.32 Å². The highest BCUT2D eigenvalue weighted by atomic mass is 79.9. The maximum Gasteiger partial charge on any atom is 0.330 e. The maximum atomic E-state index is 11.8. The zero-order chi connectivity index (χ0) is 14.1. The van der Waals surface area contributed by atoms with Crippen molar-refractivity contribution in [1.29, 1.82) is 0 Å². The van der Waals surface area contributed by atoms with Crippen molar-refractivity contribution in [2.24, 2.45) is 5.41 Å². The number of rotatable bonds is 3. The van der Waals surface area contributed by atoms with E-state index in [0.717, 1.165) is 15.9 Å². The Kier molecular flexibility index (Phi) is 4.16. The van der Waals surface area contributed by atoms with Gasteiger partial charge in [0.25, 0.3) is 0 Å². The van der Waals surface area contributed by atoms with Gasteiger partial charge in [-0.1, -0.05) is 29.8 Å². The molecule has 0 amide bonds. The minimum Gasteiger partial charge on any atom is -0.479 e. The van der Waals surface area contributed by atoms with Gasteiger partial charge in [0.15, 0.2) is 0 Å². The van der Waals surface area contributed by atoms with Crippen LogP contribution in [0.3, 0.4) is 0 Å². The minimum atomic E-state index is -0.875. The fraction of sp³-hybridized carbons (Fsp3) is 0.500. The third kappa shape index (κ3) is 3.45. The maximum absolute atomic E-state index is 11.8. The topological polar surface area (TPSA) is 49.3 Å². The largest absolute Gasteiger partial charge is 0.479 e. The molecule has 1 aromatic rings. The monoisotopic (exact) mass is 343 g/mol. The van der Waals surface area contributed by atoms with Crippen LogP contribution in [-0.4, -0.2) is 28.1 Å². The van der Waals surface area contributed by atoms with Crippen LogP contribution in [0.15, 0.2) is 28.7 Å². The van der Waals surface area contributed by atoms with Crippen molar-refractivity contribution >= 4 is 39.3 Å². The van der Waals surface area contributed by atoms with Crippen LogP contribution in [0.25, 0.3) is 0 Å². The van der Waals surface area contributed by atoms with Gasteiger partial charge in [0.1, 0.15) is 5.54 Å². The van der Waals surface area contributed by atoms with E-state index < -0.39 is 11.5 Å². The van der Waals surface area contributed by atoms with E-state index in [1.165, 1.54) is 0 Å². The number of anilines is 1. The molecule has 1 saturated heterocycles. The van der Waals surface area contributed by atoms with Gasteiger partial charge in [-0.2, -0.15) is 11.8 Å². The Morgan fingerprint density at radius 3 is 2.47 bits per heavy atom. The lowest BCUT2D eigenvalue weighted by atomic mass is 9.79. The first kappa shape index (κ1) is 14.7. The smallest absolute Gasteiger partial charge is 0.330 e. The van der Waals surface area contributed by atoms with Crippen LogP contribution >= 0.6 is 27.7 Å². The number of benzene rings is 1. The Balaban J connectivity index is 2.25. The predicted octanol–water partition coefficient (Wildman–Crippen LogP) is 3.85. The molecule has 1 aromatic carbocycles. The molecule has 2 rings (SSSR count). The number of hydrogen-bond donors (Lipinski definition) is 2. The molecule has 19 heavy (non-hydrogen) atoms. The second-order valence-electron chi connectivity index (χ2n) is 5.85. The Morgan fingerprint density at radius 2 is 1.95 bits per heavy atom. The fourth-order valence-electron chi connectivity index (χ4n) is 2.50. The Bertz CT molecular complexity index is 475. The predicted molar refractivity (Wildman–Crippen MR) is 83.9 cm³/mol. The van der Waals surface area contributed by atoms with Gasteiger partial charge in [-0.05, 0) is 41.9 Å². The fourth-order valence-corrected chi connectivity index (χ4v) is 4.17. The average molecular weight is 344 g/mol. The lowest BCUT2D eigenvalue weighted by molar-refractivity contribution is -0.142. The summed E-state index contributed by atoms with van der Waals surface area (Å²) in [4.78, 5) is 11.8. The number of carboxylic acid groups (broad SMARTS) is 1. The number of halogens is 1. The van der Waals surface area contributed by atoms with Crippen LogP contribution in [0.1, 0.15) is 20.3 Å². The third-order valence-electron chi connectivity index (χ3n) is 3.26. The van der Waals surface area contributed by atoms with Crippen molar-refractivity contribution in [3.8, 4) is 0 Å². The molecular weight excluding hydrogens is 326 g/mol. The first-order valence-electron chi connectivity index (χ1n) is 6.18. The molecule has 1 aliphatic rings. The highest BCUT2D eigenvalue weighted by Crippen LogP contribution is 2.41. The molecule has 1 heterocycles. The van der Waals surface area contributed by atoms with Gasteiger partial charge >= 0.3 is 5.97 Å². The molecule has 2 N–H and O–H groups in total. The van der Waals surface area contributed by atoms with Crippen LogP contribution in [0, 0.1) is 5.41 Å². The van der Waals surface area contributed by atoms with Crippen LogP contribution in [0.2, 0.25) is 0 Å². The molecule has 0 radical (unpaired) electrons. The van der Waals surface area contributed by atoms with E-state index in [0.29, 0.717) is 12.2 Å². The molecule has 0 aromatic heterocycles. The summed E-state index contributed by atoms with van der Waals surface area (Å²) in [5.74, 6) is 0.835. The summed E-state index contributed by atoms with van der Waals surface area (Å²) in [6, 6.07) is 7.64. The van der Waals surface area contributed by atoms with E-state index >= 15 is 0 Å². The standard InChI is InChI=1S/C14H18BrNO2S/c1-13(2)7-14(12(17)18,9-19-8-13)16-11-5-3-10(15)4-6-11/h3-6,16H,7-9H2,1-2H3,(H,17,18). The van der Waals surface area contributed by atoms with E-state index in [1.54, 1.807) is 11.8 Å². The van der Waals surface area contributed by atoms with Crippen LogP contribution in [-0.2, 0) is 4.79 Å². The van der Waals surface area contributed by atoms with Crippen molar-refractivity contribution in [3.63, 3.8) is 0 Å². The summed E-state index contributed by atoms with van der Waals surface area (Å²) in [7, 11) is 0. The van der Waals surface area contributed by atoms with Crippen molar-refractivity contribution < 1.29 is 9.90 Å². The van der Waals surface area contributed by atoms with Gasteiger partial charge < -0.3 is 10.4 Å². The summed E-state index contributed by atoms with van der Waals surface area (Å²) in [6.45, 7) is 4.25. The second-order valence-corrected chi connectivity index (χ2v) is 7.75. The highest BCUT2D eigenvalue weighted by molar-refractivity contribution is 9.10. The second kappa shape index (κ2) is 5.37. The van der Waals surface area contributed by atoms with E-state index in [-0.39, 0.29) is 5.41 Å². The Labute approximate surface area is 126 Å². The number of aliphatic carboxylic acids is 1. The van der Waals surface area contributed by atoms with Gasteiger partial charge in [-0.15, -0.1) is 0 Å². The third-order valence-corrected chi connectivity index (χ3v) is 5.47. The van der Waals surface area contributed by atoms with Crippen molar-refractivity contribution in [3.05, 3.63) is 28.7 Å². The molecule has 104 valence electrons. The van der Waals surface area contributed by atoms with Gasteiger partial charge in [-0.3, -0.25) is 0 Å². The number of carboxylic acids is 1. The molecule has 0 bridgehead atoms. The zero-order valence-corrected chi connectivity index (χ0v) is 13.5. The summed E-state index contributed by atoms with van der Waals surface area (Å²) >= 11 is 5.09. The lowest BCUT2D eigenvalue weighted by Crippen LogP contribution is -2.54. The molecule has 1 unspecified atom stereocenters. The lowest BCUT2D eigenvalue weighted by Gasteiger charge is -2.42. The number of carbonyl (C=O) groups is 1. The van der Waals surface area contributed by atoms with Crippen molar-refractivity contribution in [2.45, 2.75) is 25.8 Å². The van der Waals surface area contributed by atoms with E-state index in [2.05, 4.69) is 35.1 Å². The number of nitrogens with one attached hydrogen (secondary N) is 1. The molecule has 0 saturated carbocycles. The quantitative estimate of drug-likeness (QED) is 0.875. The van der Waals surface area contributed by atoms with Gasteiger partial charge in [0.05, 0.1) is 0 Å².